The largest absolute Gasteiger partial charge is 0.494 e. The number of rotatable bonds is 6. The number of nitrogens with one attached hydrogen (secondary N) is 2. The van der Waals surface area contributed by atoms with E-state index in [1.165, 1.54) is 12.3 Å². The zero-order valence-corrected chi connectivity index (χ0v) is 17.4. The van der Waals surface area contributed by atoms with Gasteiger partial charge in [-0.3, -0.25) is 10.1 Å². The fourth-order valence-corrected chi connectivity index (χ4v) is 3.07. The molecule has 7 nitrogen and oxygen atoms in total. The summed E-state index contributed by atoms with van der Waals surface area (Å²) in [5, 5.41) is 5.73. The second kappa shape index (κ2) is 9.27. The number of oxazole rings is 1. The molecule has 0 spiro atoms. The van der Waals surface area contributed by atoms with Crippen LogP contribution in [0.1, 0.15) is 12.7 Å². The first-order valence-corrected chi connectivity index (χ1v) is 9.99. The predicted molar refractivity (Wildman–Crippen MR) is 123 cm³/mol. The lowest BCUT2D eigenvalue weighted by Gasteiger charge is -2.07. The Bertz CT molecular complexity index is 1230. The van der Waals surface area contributed by atoms with Gasteiger partial charge in [-0.05, 0) is 79.8 Å². The summed E-state index contributed by atoms with van der Waals surface area (Å²) in [6.45, 7) is 2.55. The van der Waals surface area contributed by atoms with E-state index in [-0.39, 0.29) is 11.0 Å². The third kappa shape index (κ3) is 5.18. The minimum absolute atomic E-state index is 0.170. The standard InChI is InChI=1S/C23H19N3O4S/c1-2-28-18-8-5-15(6-9-18)22-25-19-14-16(7-11-20(19)30-22)24-23(31)26-21(27)12-10-17-4-3-13-29-17/h3-14H,2H2,1H3,(H2,24,26,27,31)/b12-10+. The number of benzene rings is 2. The number of amides is 1. The zero-order valence-electron chi connectivity index (χ0n) is 16.6. The fourth-order valence-electron chi connectivity index (χ4n) is 2.85. The van der Waals surface area contributed by atoms with E-state index in [4.69, 9.17) is 25.8 Å². The quantitative estimate of drug-likeness (QED) is 0.326. The lowest BCUT2D eigenvalue weighted by molar-refractivity contribution is -0.115. The molecule has 0 bridgehead atoms. The van der Waals surface area contributed by atoms with Crippen LogP contribution in [0.5, 0.6) is 5.75 Å². The number of aromatic nitrogens is 1. The van der Waals surface area contributed by atoms with E-state index in [2.05, 4.69) is 15.6 Å². The molecule has 4 rings (SSSR count). The van der Waals surface area contributed by atoms with Gasteiger partial charge in [0.2, 0.25) is 11.8 Å². The number of ether oxygens (including phenoxy) is 1. The summed E-state index contributed by atoms with van der Waals surface area (Å²) in [6, 6.07) is 16.4. The van der Waals surface area contributed by atoms with Crippen molar-refractivity contribution in [3.63, 3.8) is 0 Å². The molecule has 2 N–H and O–H groups in total. The van der Waals surface area contributed by atoms with E-state index < -0.39 is 0 Å². The molecule has 0 saturated heterocycles. The first-order valence-electron chi connectivity index (χ1n) is 9.58. The van der Waals surface area contributed by atoms with Crippen LogP contribution in [0.15, 0.2) is 75.8 Å². The minimum atomic E-state index is -0.366. The average molecular weight is 433 g/mol. The molecule has 0 aliphatic carbocycles. The smallest absolute Gasteiger partial charge is 0.250 e. The maximum absolute atomic E-state index is 12.0. The van der Waals surface area contributed by atoms with E-state index in [0.717, 1.165) is 11.3 Å². The van der Waals surface area contributed by atoms with Gasteiger partial charge < -0.3 is 18.9 Å². The zero-order chi connectivity index (χ0) is 21.6. The highest BCUT2D eigenvalue weighted by Gasteiger charge is 2.10. The van der Waals surface area contributed by atoms with E-state index in [9.17, 15) is 4.79 Å². The Balaban J connectivity index is 1.41. The summed E-state index contributed by atoms with van der Waals surface area (Å²) in [7, 11) is 0. The molecule has 2 heterocycles. The van der Waals surface area contributed by atoms with E-state index in [0.29, 0.717) is 35.0 Å². The summed E-state index contributed by atoms with van der Waals surface area (Å²) in [6.07, 6.45) is 4.43. The highest BCUT2D eigenvalue weighted by Crippen LogP contribution is 2.27. The van der Waals surface area contributed by atoms with Crippen LogP contribution in [-0.2, 0) is 4.79 Å². The Morgan fingerprint density at radius 1 is 1.19 bits per heavy atom. The van der Waals surface area contributed by atoms with Crippen molar-refractivity contribution in [1.29, 1.82) is 0 Å². The van der Waals surface area contributed by atoms with Crippen molar-refractivity contribution >= 4 is 46.1 Å². The summed E-state index contributed by atoms with van der Waals surface area (Å²) >= 11 is 5.21. The number of thiocarbonyl (C=S) groups is 1. The summed E-state index contributed by atoms with van der Waals surface area (Å²) < 4.78 is 16.4. The lowest BCUT2D eigenvalue weighted by atomic mass is 10.2. The topological polar surface area (TPSA) is 89.5 Å². The van der Waals surface area contributed by atoms with Crippen molar-refractivity contribution in [2.45, 2.75) is 6.92 Å². The van der Waals surface area contributed by atoms with Crippen molar-refractivity contribution in [1.82, 2.24) is 10.3 Å². The van der Waals surface area contributed by atoms with Crippen LogP contribution in [0.4, 0.5) is 5.69 Å². The summed E-state index contributed by atoms with van der Waals surface area (Å²) in [5.74, 6) is 1.51. The van der Waals surface area contributed by atoms with E-state index in [1.54, 1.807) is 36.4 Å². The second-order valence-electron chi connectivity index (χ2n) is 6.45. The van der Waals surface area contributed by atoms with Crippen molar-refractivity contribution in [2.75, 3.05) is 11.9 Å². The highest BCUT2D eigenvalue weighted by molar-refractivity contribution is 7.80. The molecule has 8 heteroatoms. The molecule has 0 aliphatic rings. The van der Waals surface area contributed by atoms with Crippen LogP contribution >= 0.6 is 12.2 Å². The number of hydrogen-bond donors (Lipinski definition) is 2. The Labute approximate surface area is 183 Å². The molecule has 0 unspecified atom stereocenters. The Hall–Kier alpha value is -3.91. The van der Waals surface area contributed by atoms with Crippen molar-refractivity contribution < 1.29 is 18.4 Å². The maximum atomic E-state index is 12.0. The van der Waals surface area contributed by atoms with Gasteiger partial charge >= 0.3 is 0 Å². The number of fused-ring (bicyclic) bond motifs is 1. The van der Waals surface area contributed by atoms with Gasteiger partial charge in [-0.2, -0.15) is 0 Å². The van der Waals surface area contributed by atoms with Crippen LogP contribution < -0.4 is 15.4 Å². The van der Waals surface area contributed by atoms with Gasteiger partial charge in [0.1, 0.15) is 17.0 Å². The van der Waals surface area contributed by atoms with E-state index >= 15 is 0 Å². The van der Waals surface area contributed by atoms with Crippen LogP contribution in [-0.4, -0.2) is 22.6 Å². The first-order chi connectivity index (χ1) is 15.1. The summed E-state index contributed by atoms with van der Waals surface area (Å²) in [5.41, 5.74) is 2.84. The van der Waals surface area contributed by atoms with Gasteiger partial charge in [0.05, 0.1) is 12.9 Å². The molecule has 31 heavy (non-hydrogen) atoms. The van der Waals surface area contributed by atoms with E-state index in [1.807, 2.05) is 31.2 Å². The van der Waals surface area contributed by atoms with Crippen LogP contribution in [0.3, 0.4) is 0 Å². The number of carbonyl (C=O) groups excluding carboxylic acids is 1. The molecule has 156 valence electrons. The van der Waals surface area contributed by atoms with Gasteiger partial charge in [-0.25, -0.2) is 4.98 Å². The molecule has 0 fully saturated rings. The van der Waals surface area contributed by atoms with Crippen LogP contribution in [0, 0.1) is 0 Å². The molecular formula is C23H19N3O4S. The van der Waals surface area contributed by atoms with Crippen LogP contribution in [0.25, 0.3) is 28.6 Å². The molecule has 2 aromatic carbocycles. The van der Waals surface area contributed by atoms with Gasteiger partial charge in [-0.15, -0.1) is 0 Å². The molecule has 0 saturated carbocycles. The number of carbonyl (C=O) groups is 1. The second-order valence-corrected chi connectivity index (χ2v) is 6.86. The van der Waals surface area contributed by atoms with Crippen molar-refractivity contribution in [3.8, 4) is 17.2 Å². The van der Waals surface area contributed by atoms with Gasteiger partial charge in [0.25, 0.3) is 0 Å². The third-order valence-electron chi connectivity index (χ3n) is 4.24. The third-order valence-corrected chi connectivity index (χ3v) is 4.44. The molecule has 2 aromatic heterocycles. The van der Waals surface area contributed by atoms with Gasteiger partial charge in [0, 0.05) is 17.3 Å². The maximum Gasteiger partial charge on any atom is 0.250 e. The molecular weight excluding hydrogens is 414 g/mol. The normalized spacial score (nSPS) is 11.0. The highest BCUT2D eigenvalue weighted by atomic mass is 32.1. The van der Waals surface area contributed by atoms with Crippen LogP contribution in [0.2, 0.25) is 0 Å². The Morgan fingerprint density at radius 3 is 2.77 bits per heavy atom. The minimum Gasteiger partial charge on any atom is -0.494 e. The molecule has 4 aromatic rings. The monoisotopic (exact) mass is 433 g/mol. The summed E-state index contributed by atoms with van der Waals surface area (Å²) in [4.78, 5) is 16.5. The Morgan fingerprint density at radius 2 is 2.03 bits per heavy atom. The Kier molecular flexibility index (Phi) is 6.09. The number of hydrogen-bond acceptors (Lipinski definition) is 6. The van der Waals surface area contributed by atoms with Crippen molar-refractivity contribution in [3.05, 3.63) is 72.7 Å². The average Bonchev–Trinajstić information content (AvgIpc) is 3.42. The molecule has 0 radical (unpaired) electrons. The van der Waals surface area contributed by atoms with Gasteiger partial charge in [0.15, 0.2) is 10.7 Å². The molecule has 0 atom stereocenters. The lowest BCUT2D eigenvalue weighted by Crippen LogP contribution is -2.32. The van der Waals surface area contributed by atoms with Gasteiger partial charge in [-0.1, -0.05) is 0 Å². The molecule has 0 aliphatic heterocycles. The predicted octanol–water partition coefficient (Wildman–Crippen LogP) is 5.01. The number of anilines is 1. The first kappa shape index (κ1) is 20.4. The number of furan rings is 1. The number of nitrogens with zero attached hydrogens (tertiary/aromatic N) is 1. The SMILES string of the molecule is CCOc1ccc(-c2nc3cc(NC(=S)NC(=O)/C=C/c4ccco4)ccc3o2)cc1. The van der Waals surface area contributed by atoms with Crippen molar-refractivity contribution in [2.24, 2.45) is 0 Å². The fraction of sp³-hybridized carbons (Fsp3) is 0.0870. The molecule has 1 amide bonds.